The first-order valence-corrected chi connectivity index (χ1v) is 20.5. The number of rotatable bonds is 15. The zero-order valence-electron chi connectivity index (χ0n) is 33.9. The molecule has 0 aliphatic carbocycles. The van der Waals surface area contributed by atoms with Crippen LogP contribution in [0, 0.1) is 124 Å². The Morgan fingerprint density at radius 2 is 1.48 bits per heavy atom. The second kappa shape index (κ2) is 29.5. The fourth-order valence-corrected chi connectivity index (χ4v) is 5.86. The molecule has 0 amide bonds. The summed E-state index contributed by atoms with van der Waals surface area (Å²) in [5.41, 5.74) is -0.682. The number of allylic oxidation sites excluding steroid dienone is 2. The third kappa shape index (κ3) is 20.9. The number of benzene rings is 1. The van der Waals surface area contributed by atoms with Crippen molar-refractivity contribution in [2.75, 3.05) is 20.3 Å². The lowest BCUT2D eigenvalue weighted by Crippen LogP contribution is -2.35. The molecule has 0 bridgehead atoms. The van der Waals surface area contributed by atoms with E-state index < -0.39 is 56.2 Å². The lowest BCUT2D eigenvalue weighted by Gasteiger charge is -2.25. The molecule has 1 aliphatic rings. The Balaban J connectivity index is 1.47. The van der Waals surface area contributed by atoms with Crippen molar-refractivity contribution >= 4 is 31.3 Å². The number of hydrogen-bond acceptors (Lipinski definition) is 10. The van der Waals surface area contributed by atoms with Crippen LogP contribution in [0.3, 0.4) is 0 Å². The predicted octanol–water partition coefficient (Wildman–Crippen LogP) is 3.13. The van der Waals surface area contributed by atoms with E-state index in [1.807, 2.05) is 18.2 Å². The molecule has 1 aromatic heterocycles. The maximum atomic E-state index is 12.8. The standard InChI is InChI=1S/C47H37N4O10PS/c1-3-4-5-6-7-8-9-10-11-12-13-14-15-16-17-18-19-22-28-34-48-45(63)49-35-29-23-20-21-27-32-40-43(61-62(55,56)57-2)41(60-44(40)51-36-33-42(52)50-46(51)53)38-59-47(54)58-37-39-30-25-24-26-31-39/h21,24-27,30-31,33,36,40-41,43-44H,20,23,29,32,35,37-38H2,1-2H3,(H,55,56)(H2,48,49,63)(H,50,52,53)/b27-21+/t40-,41+,43?,44+/m0/s1. The Kier molecular flexibility index (Phi) is 23.2. The van der Waals surface area contributed by atoms with Crippen LogP contribution >= 0.6 is 20.0 Å². The first-order chi connectivity index (χ1) is 30.6. The number of unbranched alkanes of at least 4 members (excludes halogenated alkanes) is 2. The van der Waals surface area contributed by atoms with Crippen LogP contribution in [0.2, 0.25) is 0 Å². The first kappa shape index (κ1) is 49.6. The van der Waals surface area contributed by atoms with Gasteiger partial charge in [0.15, 0.2) is 5.11 Å². The number of phosphoric acid groups is 1. The lowest BCUT2D eigenvalue weighted by molar-refractivity contribution is -0.0605. The van der Waals surface area contributed by atoms with Crippen LogP contribution in [0.1, 0.15) is 44.4 Å². The maximum absolute atomic E-state index is 12.8. The summed E-state index contributed by atoms with van der Waals surface area (Å²) in [5.74, 6) is 47.3. The van der Waals surface area contributed by atoms with Crippen LogP contribution in [-0.4, -0.2) is 58.2 Å². The van der Waals surface area contributed by atoms with Gasteiger partial charge in [-0.1, -0.05) is 48.4 Å². The second-order valence-corrected chi connectivity index (χ2v) is 13.9. The number of H-pyrrole nitrogens is 1. The van der Waals surface area contributed by atoms with Gasteiger partial charge < -0.3 is 24.4 Å². The van der Waals surface area contributed by atoms with E-state index in [1.165, 1.54) is 6.20 Å². The van der Waals surface area contributed by atoms with Gasteiger partial charge in [0.05, 0.1) is 0 Å². The SMILES string of the molecule is CC#CC#CC#CC#CC#CC#CC#CC#CC#CC#CNC(=S)NCCCC/C=C/C[C@H]1C(OP(=O)(O)OC)[C@@H](COC(=O)OCc2ccccc2)O[C@H]1n1ccc(=O)[nH]c1=O. The van der Waals surface area contributed by atoms with E-state index in [2.05, 4.69) is 139 Å². The molecule has 16 heteroatoms. The highest BCUT2D eigenvalue weighted by Crippen LogP contribution is 2.50. The molecule has 2 aromatic rings. The van der Waals surface area contributed by atoms with Crippen LogP contribution in [0.5, 0.6) is 0 Å². The summed E-state index contributed by atoms with van der Waals surface area (Å²) in [5, 5.41) is 6.09. The molecular formula is C47H37N4O10PS. The van der Waals surface area contributed by atoms with Gasteiger partial charge in [0.1, 0.15) is 31.6 Å². The summed E-state index contributed by atoms with van der Waals surface area (Å²) in [6, 6.07) is 12.7. The summed E-state index contributed by atoms with van der Waals surface area (Å²) < 4.78 is 40.5. The van der Waals surface area contributed by atoms with Crippen molar-refractivity contribution in [1.29, 1.82) is 0 Å². The minimum Gasteiger partial charge on any atom is -0.431 e. The third-order valence-electron chi connectivity index (χ3n) is 7.73. The summed E-state index contributed by atoms with van der Waals surface area (Å²) in [4.78, 5) is 49.6. The van der Waals surface area contributed by atoms with Crippen LogP contribution in [-0.2, 0) is 34.4 Å². The molecule has 14 nitrogen and oxygen atoms in total. The Hall–Kier alpha value is -7.73. The summed E-state index contributed by atoms with van der Waals surface area (Å²) >= 11 is 5.23. The molecule has 316 valence electrons. The lowest BCUT2D eigenvalue weighted by atomic mass is 9.95. The Morgan fingerprint density at radius 1 is 0.873 bits per heavy atom. The number of aromatic nitrogens is 2. The average Bonchev–Trinajstić information content (AvgIpc) is 3.60. The van der Waals surface area contributed by atoms with Crippen molar-refractivity contribution in [2.24, 2.45) is 5.92 Å². The second-order valence-electron chi connectivity index (χ2n) is 12.0. The third-order valence-corrected chi connectivity index (χ3v) is 8.95. The maximum Gasteiger partial charge on any atom is 0.508 e. The molecule has 0 saturated carbocycles. The van der Waals surface area contributed by atoms with Gasteiger partial charge >= 0.3 is 19.7 Å². The van der Waals surface area contributed by atoms with Gasteiger partial charge in [-0.2, -0.15) is 0 Å². The minimum atomic E-state index is -4.61. The van der Waals surface area contributed by atoms with E-state index in [1.54, 1.807) is 31.2 Å². The van der Waals surface area contributed by atoms with E-state index in [0.717, 1.165) is 36.1 Å². The fraction of sp³-hybridized carbons (Fsp3) is 0.277. The largest absolute Gasteiger partial charge is 0.508 e. The molecule has 63 heavy (non-hydrogen) atoms. The fourth-order valence-electron chi connectivity index (χ4n) is 5.02. The van der Waals surface area contributed by atoms with Gasteiger partial charge in [-0.3, -0.25) is 28.7 Å². The molecule has 3 rings (SSSR count). The van der Waals surface area contributed by atoms with Gasteiger partial charge in [0.25, 0.3) is 5.56 Å². The number of aromatic amines is 1. The molecule has 1 fully saturated rings. The molecule has 2 heterocycles. The van der Waals surface area contributed by atoms with E-state index in [-0.39, 0.29) is 13.0 Å². The number of ether oxygens (including phenoxy) is 3. The van der Waals surface area contributed by atoms with Crippen molar-refractivity contribution in [2.45, 2.75) is 57.6 Å². The van der Waals surface area contributed by atoms with E-state index in [9.17, 15) is 23.8 Å². The molecule has 1 aliphatic heterocycles. The number of hydrogen-bond donors (Lipinski definition) is 4. The molecule has 2 unspecified atom stereocenters. The normalized spacial score (nSPS) is 15.8. The Bertz CT molecular complexity index is 2810. The number of nitrogens with zero attached hydrogens (tertiary/aromatic N) is 1. The highest BCUT2D eigenvalue weighted by atomic mass is 32.1. The minimum absolute atomic E-state index is 0.0531. The van der Waals surface area contributed by atoms with Crippen LogP contribution in [0.4, 0.5) is 4.79 Å². The smallest absolute Gasteiger partial charge is 0.431 e. The quantitative estimate of drug-likeness (QED) is 0.0391. The highest BCUT2D eigenvalue weighted by Gasteiger charge is 2.49. The van der Waals surface area contributed by atoms with E-state index >= 15 is 0 Å². The number of thiocarbonyl (C=S) groups is 1. The number of carbonyl (C=O) groups is 1. The van der Waals surface area contributed by atoms with Crippen molar-refractivity contribution in [1.82, 2.24) is 20.2 Å². The van der Waals surface area contributed by atoms with Crippen LogP contribution < -0.4 is 21.9 Å². The number of nitrogens with one attached hydrogen (secondary N) is 3. The average molecular weight is 881 g/mol. The van der Waals surface area contributed by atoms with E-state index in [4.69, 9.17) is 31.0 Å². The van der Waals surface area contributed by atoms with Gasteiger partial charge in [-0.05, 0) is 97.8 Å². The Morgan fingerprint density at radius 3 is 2.06 bits per heavy atom. The van der Waals surface area contributed by atoms with Gasteiger partial charge in [0.2, 0.25) is 0 Å². The monoisotopic (exact) mass is 880 g/mol. The van der Waals surface area contributed by atoms with Gasteiger partial charge in [-0.15, -0.1) is 0 Å². The molecule has 4 N–H and O–H groups in total. The molecule has 5 atom stereocenters. The zero-order chi connectivity index (χ0) is 45.4. The van der Waals surface area contributed by atoms with E-state index in [0.29, 0.717) is 18.1 Å². The van der Waals surface area contributed by atoms with Crippen LogP contribution in [0.15, 0.2) is 64.3 Å². The van der Waals surface area contributed by atoms with Gasteiger partial charge in [-0.25, -0.2) is 14.2 Å². The number of phosphoric ester groups is 1. The van der Waals surface area contributed by atoms with Crippen molar-refractivity contribution in [3.8, 4) is 119 Å². The molecule has 1 aromatic carbocycles. The number of carbonyl (C=O) groups excluding carboxylic acids is 1. The predicted molar refractivity (Wildman–Crippen MR) is 238 cm³/mol. The van der Waals surface area contributed by atoms with Crippen molar-refractivity contribution in [3.63, 3.8) is 0 Å². The summed E-state index contributed by atoms with van der Waals surface area (Å²) in [6.45, 7) is 1.73. The summed E-state index contributed by atoms with van der Waals surface area (Å²) in [6.07, 6.45) is 2.85. The zero-order valence-corrected chi connectivity index (χ0v) is 35.6. The first-order valence-electron chi connectivity index (χ1n) is 18.6. The summed E-state index contributed by atoms with van der Waals surface area (Å²) in [7, 11) is -3.61. The molecule has 0 spiro atoms. The topological polar surface area (TPSA) is 179 Å². The molecule has 1 saturated heterocycles. The Labute approximate surface area is 371 Å². The molecule has 0 radical (unpaired) electrons. The van der Waals surface area contributed by atoms with Gasteiger partial charge in [0, 0.05) is 97.1 Å². The van der Waals surface area contributed by atoms with Crippen LogP contribution in [0.25, 0.3) is 0 Å². The van der Waals surface area contributed by atoms with Crippen molar-refractivity contribution in [3.05, 3.63) is 81.1 Å². The van der Waals surface area contributed by atoms with Crippen molar-refractivity contribution < 1.29 is 37.5 Å². The molecular weight excluding hydrogens is 844 g/mol. The highest BCUT2D eigenvalue weighted by molar-refractivity contribution is 7.80.